The SMILES string of the molecule is CC(C)C(CNC(=O)CN1CCCCCC1=O)N1CCOCC1. The molecule has 0 aromatic heterocycles. The lowest BCUT2D eigenvalue weighted by molar-refractivity contribution is -0.135. The van der Waals surface area contributed by atoms with E-state index in [1.165, 1.54) is 0 Å². The monoisotopic (exact) mass is 325 g/mol. The van der Waals surface area contributed by atoms with Crippen LogP contribution in [0.4, 0.5) is 0 Å². The molecule has 0 aromatic rings. The van der Waals surface area contributed by atoms with Gasteiger partial charge in [0, 0.05) is 38.6 Å². The van der Waals surface area contributed by atoms with Crippen molar-refractivity contribution in [3.63, 3.8) is 0 Å². The van der Waals surface area contributed by atoms with Crippen LogP contribution in [0.2, 0.25) is 0 Å². The molecule has 2 heterocycles. The summed E-state index contributed by atoms with van der Waals surface area (Å²) in [4.78, 5) is 28.3. The number of ether oxygens (including phenoxy) is 1. The fourth-order valence-corrected chi connectivity index (χ4v) is 3.35. The first-order valence-corrected chi connectivity index (χ1v) is 8.94. The Bertz CT molecular complexity index is 395. The molecule has 2 aliphatic rings. The highest BCUT2D eigenvalue weighted by Crippen LogP contribution is 2.13. The maximum atomic E-state index is 12.2. The van der Waals surface area contributed by atoms with Crippen molar-refractivity contribution in [1.29, 1.82) is 0 Å². The molecule has 2 aliphatic heterocycles. The van der Waals surface area contributed by atoms with E-state index in [0.29, 0.717) is 31.5 Å². The van der Waals surface area contributed by atoms with Crippen LogP contribution in [0.1, 0.15) is 39.5 Å². The number of likely N-dealkylation sites (tertiary alicyclic amines) is 1. The van der Waals surface area contributed by atoms with Gasteiger partial charge in [-0.2, -0.15) is 0 Å². The lowest BCUT2D eigenvalue weighted by Gasteiger charge is -2.37. The summed E-state index contributed by atoms with van der Waals surface area (Å²) in [6.07, 6.45) is 3.61. The second-order valence-corrected chi connectivity index (χ2v) is 6.89. The molecule has 6 heteroatoms. The molecule has 0 aliphatic carbocycles. The van der Waals surface area contributed by atoms with Gasteiger partial charge in [0.15, 0.2) is 0 Å². The Morgan fingerprint density at radius 3 is 2.61 bits per heavy atom. The first-order chi connectivity index (χ1) is 11.1. The molecule has 1 N–H and O–H groups in total. The Kier molecular flexibility index (Phi) is 7.30. The van der Waals surface area contributed by atoms with Gasteiger partial charge >= 0.3 is 0 Å². The van der Waals surface area contributed by atoms with Gasteiger partial charge in [-0.05, 0) is 18.8 Å². The van der Waals surface area contributed by atoms with Crippen LogP contribution in [0, 0.1) is 5.92 Å². The molecule has 2 amide bonds. The van der Waals surface area contributed by atoms with Gasteiger partial charge in [0.25, 0.3) is 0 Å². The van der Waals surface area contributed by atoms with Gasteiger partial charge in [-0.15, -0.1) is 0 Å². The van der Waals surface area contributed by atoms with E-state index in [9.17, 15) is 9.59 Å². The van der Waals surface area contributed by atoms with Crippen molar-refractivity contribution < 1.29 is 14.3 Å². The van der Waals surface area contributed by atoms with Crippen molar-refractivity contribution in [2.24, 2.45) is 5.92 Å². The first kappa shape index (κ1) is 18.2. The number of nitrogens with zero attached hydrogens (tertiary/aromatic N) is 2. The van der Waals surface area contributed by atoms with E-state index in [1.807, 2.05) is 0 Å². The van der Waals surface area contributed by atoms with E-state index in [0.717, 1.165) is 45.6 Å². The van der Waals surface area contributed by atoms with Gasteiger partial charge in [0.1, 0.15) is 0 Å². The lowest BCUT2D eigenvalue weighted by atomic mass is 10.0. The fourth-order valence-electron chi connectivity index (χ4n) is 3.35. The van der Waals surface area contributed by atoms with Gasteiger partial charge in [-0.3, -0.25) is 14.5 Å². The maximum absolute atomic E-state index is 12.2. The molecule has 132 valence electrons. The third-order valence-electron chi connectivity index (χ3n) is 4.80. The quantitative estimate of drug-likeness (QED) is 0.787. The van der Waals surface area contributed by atoms with Crippen LogP contribution in [-0.4, -0.2) is 73.6 Å². The van der Waals surface area contributed by atoms with E-state index < -0.39 is 0 Å². The summed E-state index contributed by atoms with van der Waals surface area (Å²) in [6, 6.07) is 0.322. The normalized spacial score (nSPS) is 22.0. The third kappa shape index (κ3) is 5.77. The van der Waals surface area contributed by atoms with Crippen molar-refractivity contribution in [3.8, 4) is 0 Å². The Morgan fingerprint density at radius 1 is 1.17 bits per heavy atom. The maximum Gasteiger partial charge on any atom is 0.239 e. The summed E-state index contributed by atoms with van der Waals surface area (Å²) in [5.41, 5.74) is 0. The van der Waals surface area contributed by atoms with E-state index in [-0.39, 0.29) is 18.4 Å². The number of rotatable bonds is 6. The molecule has 1 atom stereocenters. The van der Waals surface area contributed by atoms with Gasteiger partial charge in [-0.1, -0.05) is 20.3 Å². The zero-order valence-electron chi connectivity index (χ0n) is 14.6. The van der Waals surface area contributed by atoms with Crippen molar-refractivity contribution >= 4 is 11.8 Å². The average molecular weight is 325 g/mol. The van der Waals surface area contributed by atoms with Crippen LogP contribution in [0.15, 0.2) is 0 Å². The number of nitrogens with one attached hydrogen (secondary N) is 1. The largest absolute Gasteiger partial charge is 0.379 e. The summed E-state index contributed by atoms with van der Waals surface area (Å²) in [7, 11) is 0. The predicted octanol–water partition coefficient (Wildman–Crippen LogP) is 0.862. The highest BCUT2D eigenvalue weighted by molar-refractivity contribution is 5.84. The van der Waals surface area contributed by atoms with Crippen molar-refractivity contribution in [1.82, 2.24) is 15.1 Å². The average Bonchev–Trinajstić information content (AvgIpc) is 2.73. The molecule has 0 saturated carbocycles. The number of carbonyl (C=O) groups is 2. The smallest absolute Gasteiger partial charge is 0.239 e. The van der Waals surface area contributed by atoms with Crippen LogP contribution in [0.25, 0.3) is 0 Å². The van der Waals surface area contributed by atoms with Gasteiger partial charge < -0.3 is 15.0 Å². The second kappa shape index (κ2) is 9.23. The highest BCUT2D eigenvalue weighted by Gasteiger charge is 2.25. The number of amides is 2. The molecule has 2 saturated heterocycles. The van der Waals surface area contributed by atoms with E-state index >= 15 is 0 Å². The zero-order chi connectivity index (χ0) is 16.7. The number of hydrogen-bond donors (Lipinski definition) is 1. The second-order valence-electron chi connectivity index (χ2n) is 6.89. The Labute approximate surface area is 139 Å². The predicted molar refractivity (Wildman–Crippen MR) is 89.1 cm³/mol. The minimum absolute atomic E-state index is 0.0424. The molecular formula is C17H31N3O3. The molecule has 2 fully saturated rings. The zero-order valence-corrected chi connectivity index (χ0v) is 14.6. The van der Waals surface area contributed by atoms with Crippen LogP contribution in [0.5, 0.6) is 0 Å². The van der Waals surface area contributed by atoms with Gasteiger partial charge in [0.05, 0.1) is 19.8 Å². The molecule has 1 unspecified atom stereocenters. The molecule has 0 aromatic carbocycles. The van der Waals surface area contributed by atoms with Gasteiger partial charge in [0.2, 0.25) is 11.8 Å². The number of morpholine rings is 1. The summed E-state index contributed by atoms with van der Waals surface area (Å²) in [5, 5.41) is 3.03. The van der Waals surface area contributed by atoms with Crippen LogP contribution in [0.3, 0.4) is 0 Å². The molecule has 6 nitrogen and oxygen atoms in total. The molecule has 0 bridgehead atoms. The molecule has 2 rings (SSSR count). The summed E-state index contributed by atoms with van der Waals surface area (Å²) in [5.74, 6) is 0.540. The first-order valence-electron chi connectivity index (χ1n) is 8.94. The molecule has 23 heavy (non-hydrogen) atoms. The van der Waals surface area contributed by atoms with Gasteiger partial charge in [-0.25, -0.2) is 0 Å². The summed E-state index contributed by atoms with van der Waals surface area (Å²) >= 11 is 0. The Hall–Kier alpha value is -1.14. The van der Waals surface area contributed by atoms with E-state index in [1.54, 1.807) is 4.90 Å². The summed E-state index contributed by atoms with van der Waals surface area (Å²) < 4.78 is 5.41. The van der Waals surface area contributed by atoms with Crippen molar-refractivity contribution in [3.05, 3.63) is 0 Å². The van der Waals surface area contributed by atoms with Crippen LogP contribution in [-0.2, 0) is 14.3 Å². The lowest BCUT2D eigenvalue weighted by Crippen LogP contribution is -2.52. The van der Waals surface area contributed by atoms with E-state index in [4.69, 9.17) is 4.74 Å². The van der Waals surface area contributed by atoms with E-state index in [2.05, 4.69) is 24.1 Å². The van der Waals surface area contributed by atoms with Crippen LogP contribution < -0.4 is 5.32 Å². The minimum atomic E-state index is -0.0424. The molecule has 0 radical (unpaired) electrons. The van der Waals surface area contributed by atoms with Crippen molar-refractivity contribution in [2.45, 2.75) is 45.6 Å². The van der Waals surface area contributed by atoms with Crippen LogP contribution >= 0.6 is 0 Å². The minimum Gasteiger partial charge on any atom is -0.379 e. The molecular weight excluding hydrogens is 294 g/mol. The van der Waals surface area contributed by atoms with Crippen molar-refractivity contribution in [2.75, 3.05) is 45.9 Å². The Morgan fingerprint density at radius 2 is 1.91 bits per heavy atom. The topological polar surface area (TPSA) is 61.9 Å². The highest BCUT2D eigenvalue weighted by atomic mass is 16.5. The Balaban J connectivity index is 1.79. The third-order valence-corrected chi connectivity index (χ3v) is 4.80. The standard InChI is InChI=1S/C17H31N3O3/c1-14(2)15(19-8-10-23-11-9-19)12-18-16(21)13-20-7-5-3-4-6-17(20)22/h14-15H,3-13H2,1-2H3,(H,18,21). The summed E-state index contributed by atoms with van der Waals surface area (Å²) in [6.45, 7) is 9.29. The number of hydrogen-bond acceptors (Lipinski definition) is 4. The molecule has 0 spiro atoms. The number of carbonyl (C=O) groups excluding carboxylic acids is 2. The fraction of sp³-hybridized carbons (Fsp3) is 0.882.